The van der Waals surface area contributed by atoms with Crippen LogP contribution >= 0.6 is 11.3 Å². The summed E-state index contributed by atoms with van der Waals surface area (Å²) in [5.74, 6) is 0. The Bertz CT molecular complexity index is 991. The van der Waals surface area contributed by atoms with Crippen LogP contribution in [0.5, 0.6) is 0 Å². The minimum atomic E-state index is 0.0191. The second-order valence-electron chi connectivity index (χ2n) is 7.01. The topological polar surface area (TPSA) is 49.2 Å². The van der Waals surface area contributed by atoms with Crippen molar-refractivity contribution in [1.29, 1.82) is 5.26 Å². The van der Waals surface area contributed by atoms with Crippen LogP contribution in [0.25, 0.3) is 10.9 Å². The molecule has 0 spiro atoms. The van der Waals surface area contributed by atoms with Gasteiger partial charge in [-0.3, -0.25) is 4.98 Å². The summed E-state index contributed by atoms with van der Waals surface area (Å²) in [5.41, 5.74) is 6.11. The number of hydrogen-bond acceptors (Lipinski definition) is 5. The van der Waals surface area contributed by atoms with Crippen molar-refractivity contribution in [2.24, 2.45) is 0 Å². The highest BCUT2D eigenvalue weighted by molar-refractivity contribution is 7.07. The zero-order chi connectivity index (χ0) is 18.3. The molecule has 0 amide bonds. The number of ether oxygens (including phenoxy) is 1. The fourth-order valence-electron chi connectivity index (χ4n) is 3.85. The Morgan fingerprint density at radius 2 is 2.15 bits per heavy atom. The standard InChI is InChI=1S/C21H21N3OS/c1-13-6-14(2)20-18(7-13)21(17(8-22)9-23-20)24-10-15(3)25-19(11-24)16-4-5-26-12-16/h4-7,9,12,15,19H,10-11H2,1-3H3. The maximum absolute atomic E-state index is 9.72. The minimum absolute atomic E-state index is 0.0191. The summed E-state index contributed by atoms with van der Waals surface area (Å²) in [6, 6.07) is 8.75. The molecule has 1 aliphatic rings. The number of benzene rings is 1. The summed E-state index contributed by atoms with van der Waals surface area (Å²) in [7, 11) is 0. The molecule has 0 N–H and O–H groups in total. The van der Waals surface area contributed by atoms with Crippen LogP contribution in [0.2, 0.25) is 0 Å². The summed E-state index contributed by atoms with van der Waals surface area (Å²) in [6.45, 7) is 7.76. The SMILES string of the molecule is Cc1cc(C)c2ncc(C#N)c(N3CC(C)OC(c4ccsc4)C3)c2c1. The van der Waals surface area contributed by atoms with Crippen molar-refractivity contribution in [2.45, 2.75) is 33.0 Å². The highest BCUT2D eigenvalue weighted by atomic mass is 32.1. The molecule has 1 aliphatic heterocycles. The van der Waals surface area contributed by atoms with Crippen LogP contribution in [0.3, 0.4) is 0 Å². The number of fused-ring (bicyclic) bond motifs is 1. The lowest BCUT2D eigenvalue weighted by Crippen LogP contribution is -2.43. The zero-order valence-electron chi connectivity index (χ0n) is 15.2. The molecular formula is C21H21N3OS. The molecule has 3 aromatic rings. The molecule has 3 heterocycles. The Morgan fingerprint density at radius 1 is 1.31 bits per heavy atom. The monoisotopic (exact) mass is 363 g/mol. The summed E-state index contributed by atoms with van der Waals surface area (Å²) in [4.78, 5) is 6.86. The first kappa shape index (κ1) is 17.0. The molecule has 2 aromatic heterocycles. The van der Waals surface area contributed by atoms with Gasteiger partial charge in [-0.1, -0.05) is 11.6 Å². The van der Waals surface area contributed by atoms with Gasteiger partial charge in [-0.05, 0) is 54.8 Å². The molecule has 0 saturated carbocycles. The molecule has 26 heavy (non-hydrogen) atoms. The van der Waals surface area contributed by atoms with E-state index in [1.165, 1.54) is 11.1 Å². The molecule has 1 saturated heterocycles. The number of anilines is 1. The molecule has 2 atom stereocenters. The molecule has 2 unspecified atom stereocenters. The van der Waals surface area contributed by atoms with Crippen LogP contribution in [0.1, 0.15) is 35.3 Å². The molecule has 4 rings (SSSR count). The van der Waals surface area contributed by atoms with E-state index in [-0.39, 0.29) is 12.2 Å². The second-order valence-corrected chi connectivity index (χ2v) is 7.79. The molecule has 0 radical (unpaired) electrons. The Balaban J connectivity index is 1.85. The maximum atomic E-state index is 9.72. The van der Waals surface area contributed by atoms with Gasteiger partial charge >= 0.3 is 0 Å². The van der Waals surface area contributed by atoms with E-state index in [0.29, 0.717) is 5.56 Å². The first-order valence-corrected chi connectivity index (χ1v) is 9.73. The summed E-state index contributed by atoms with van der Waals surface area (Å²) >= 11 is 1.68. The molecule has 4 nitrogen and oxygen atoms in total. The summed E-state index contributed by atoms with van der Waals surface area (Å²) in [5, 5.41) is 15.0. The fourth-order valence-corrected chi connectivity index (χ4v) is 4.55. The van der Waals surface area contributed by atoms with Crippen molar-refractivity contribution in [3.63, 3.8) is 0 Å². The molecule has 132 valence electrons. The van der Waals surface area contributed by atoms with E-state index in [1.54, 1.807) is 17.5 Å². The van der Waals surface area contributed by atoms with Gasteiger partial charge in [0.15, 0.2) is 0 Å². The fraction of sp³-hybridized carbons (Fsp3) is 0.333. The summed E-state index contributed by atoms with van der Waals surface area (Å²) in [6.07, 6.45) is 1.82. The van der Waals surface area contributed by atoms with Crippen molar-refractivity contribution >= 4 is 27.9 Å². The minimum Gasteiger partial charge on any atom is -0.367 e. The van der Waals surface area contributed by atoms with Crippen LogP contribution in [0, 0.1) is 25.2 Å². The van der Waals surface area contributed by atoms with Crippen LogP contribution in [-0.4, -0.2) is 24.2 Å². The number of pyridine rings is 1. The van der Waals surface area contributed by atoms with E-state index < -0.39 is 0 Å². The number of hydrogen-bond donors (Lipinski definition) is 0. The first-order chi connectivity index (χ1) is 12.6. The number of nitriles is 1. The van der Waals surface area contributed by atoms with Crippen molar-refractivity contribution < 1.29 is 4.74 Å². The Kier molecular flexibility index (Phi) is 4.39. The lowest BCUT2D eigenvalue weighted by Gasteiger charge is -2.39. The largest absolute Gasteiger partial charge is 0.367 e. The second kappa shape index (κ2) is 6.71. The number of aromatic nitrogens is 1. The quantitative estimate of drug-likeness (QED) is 0.659. The highest BCUT2D eigenvalue weighted by Gasteiger charge is 2.29. The van der Waals surface area contributed by atoms with E-state index in [0.717, 1.165) is 35.2 Å². The van der Waals surface area contributed by atoms with Gasteiger partial charge in [-0.25, -0.2) is 0 Å². The first-order valence-electron chi connectivity index (χ1n) is 8.79. The average Bonchev–Trinajstić information content (AvgIpc) is 3.14. The third-order valence-electron chi connectivity index (χ3n) is 4.89. The zero-order valence-corrected chi connectivity index (χ0v) is 16.0. The van der Waals surface area contributed by atoms with Crippen LogP contribution in [-0.2, 0) is 4.74 Å². The maximum Gasteiger partial charge on any atom is 0.103 e. The van der Waals surface area contributed by atoms with Crippen molar-refractivity contribution in [3.8, 4) is 6.07 Å². The van der Waals surface area contributed by atoms with Gasteiger partial charge in [-0.15, -0.1) is 0 Å². The number of rotatable bonds is 2. The molecular weight excluding hydrogens is 342 g/mol. The third kappa shape index (κ3) is 2.96. The van der Waals surface area contributed by atoms with E-state index in [1.807, 2.05) is 0 Å². The van der Waals surface area contributed by atoms with Gasteiger partial charge in [0.25, 0.3) is 0 Å². The molecule has 0 bridgehead atoms. The van der Waals surface area contributed by atoms with Crippen molar-refractivity contribution in [3.05, 3.63) is 57.4 Å². The van der Waals surface area contributed by atoms with Crippen LogP contribution < -0.4 is 4.90 Å². The number of morpholine rings is 1. The Labute approximate surface area is 157 Å². The number of thiophene rings is 1. The Hall–Kier alpha value is -2.42. The van der Waals surface area contributed by atoms with Crippen LogP contribution in [0.15, 0.2) is 35.2 Å². The molecule has 5 heteroatoms. The lowest BCUT2D eigenvalue weighted by atomic mass is 10.0. The normalized spacial score (nSPS) is 20.3. The van der Waals surface area contributed by atoms with Gasteiger partial charge in [0, 0.05) is 24.7 Å². The van der Waals surface area contributed by atoms with Gasteiger partial charge in [0.1, 0.15) is 12.2 Å². The molecule has 0 aliphatic carbocycles. The van der Waals surface area contributed by atoms with Crippen molar-refractivity contribution in [2.75, 3.05) is 18.0 Å². The molecule has 1 fully saturated rings. The lowest BCUT2D eigenvalue weighted by molar-refractivity contribution is -0.0170. The van der Waals surface area contributed by atoms with Gasteiger partial charge in [0.2, 0.25) is 0 Å². The van der Waals surface area contributed by atoms with Crippen LogP contribution in [0.4, 0.5) is 5.69 Å². The van der Waals surface area contributed by atoms with E-state index in [2.05, 4.69) is 65.7 Å². The number of nitrogens with zero attached hydrogens (tertiary/aromatic N) is 3. The van der Waals surface area contributed by atoms with Gasteiger partial charge in [-0.2, -0.15) is 16.6 Å². The highest BCUT2D eigenvalue weighted by Crippen LogP contribution is 2.36. The van der Waals surface area contributed by atoms with E-state index in [9.17, 15) is 5.26 Å². The number of aryl methyl sites for hydroxylation is 2. The van der Waals surface area contributed by atoms with E-state index in [4.69, 9.17) is 4.74 Å². The van der Waals surface area contributed by atoms with Gasteiger partial charge in [0.05, 0.1) is 22.9 Å². The predicted molar refractivity (Wildman–Crippen MR) is 106 cm³/mol. The smallest absolute Gasteiger partial charge is 0.103 e. The molecule has 1 aromatic carbocycles. The van der Waals surface area contributed by atoms with Crippen molar-refractivity contribution in [1.82, 2.24) is 4.98 Å². The predicted octanol–water partition coefficient (Wildman–Crippen LogP) is 4.75. The Morgan fingerprint density at radius 3 is 2.88 bits per heavy atom. The summed E-state index contributed by atoms with van der Waals surface area (Å²) < 4.78 is 6.18. The third-order valence-corrected chi connectivity index (χ3v) is 5.59. The average molecular weight is 363 g/mol. The van der Waals surface area contributed by atoms with E-state index >= 15 is 0 Å². The van der Waals surface area contributed by atoms with Gasteiger partial charge < -0.3 is 9.64 Å².